The number of anilines is 1. The van der Waals surface area contributed by atoms with Crippen LogP contribution >= 0.6 is 0 Å². The summed E-state index contributed by atoms with van der Waals surface area (Å²) in [6.45, 7) is 8.58. The molecule has 0 aliphatic heterocycles. The molecule has 130 valence electrons. The molecule has 1 aromatic rings. The van der Waals surface area contributed by atoms with E-state index in [0.717, 1.165) is 31.2 Å². The maximum Gasteiger partial charge on any atom is 0.256 e. The smallest absolute Gasteiger partial charge is 0.256 e. The number of ether oxygens (including phenoxy) is 2. The topological polar surface area (TPSA) is 60.5 Å². The number of nitrogens with one attached hydrogen (secondary N) is 1. The third-order valence-corrected chi connectivity index (χ3v) is 3.92. The Morgan fingerprint density at radius 2 is 2.04 bits per heavy atom. The van der Waals surface area contributed by atoms with Gasteiger partial charge in [-0.3, -0.25) is 4.79 Å². The third kappa shape index (κ3) is 5.82. The summed E-state index contributed by atoms with van der Waals surface area (Å²) in [7, 11) is 1.58. The molecule has 1 N–H and O–H groups in total. The van der Waals surface area contributed by atoms with Gasteiger partial charge in [0.25, 0.3) is 5.91 Å². The second-order valence-corrected chi connectivity index (χ2v) is 6.04. The summed E-state index contributed by atoms with van der Waals surface area (Å²) in [4.78, 5) is 16.8. The standard InChI is InChI=1S/C18H30N2O3/c1-6-8-9-10-18(4,22-5)17(21)20-15-12-14(3)16(19-13-15)23-11-7-2/h12-13H,6-11H2,1-5H3,(H,20,21)/t18-/m1/s1. The van der Waals surface area contributed by atoms with Gasteiger partial charge in [0.2, 0.25) is 5.88 Å². The summed E-state index contributed by atoms with van der Waals surface area (Å²) in [6, 6.07) is 1.87. The summed E-state index contributed by atoms with van der Waals surface area (Å²) in [5.74, 6) is 0.474. The first-order valence-electron chi connectivity index (χ1n) is 8.42. The van der Waals surface area contributed by atoms with E-state index in [1.807, 2.05) is 26.8 Å². The van der Waals surface area contributed by atoms with Gasteiger partial charge in [-0.05, 0) is 32.8 Å². The lowest BCUT2D eigenvalue weighted by Gasteiger charge is -2.27. The predicted octanol–water partition coefficient (Wildman–Crippen LogP) is 4.10. The van der Waals surface area contributed by atoms with Crippen molar-refractivity contribution >= 4 is 11.6 Å². The van der Waals surface area contributed by atoms with Crippen LogP contribution in [0.2, 0.25) is 0 Å². The molecule has 1 rings (SSSR count). The number of rotatable bonds is 10. The lowest BCUT2D eigenvalue weighted by Crippen LogP contribution is -2.42. The van der Waals surface area contributed by atoms with Crippen LogP contribution in [-0.2, 0) is 9.53 Å². The molecule has 0 aliphatic rings. The van der Waals surface area contributed by atoms with E-state index in [4.69, 9.17) is 9.47 Å². The Bertz CT molecular complexity index is 505. The Kier molecular flexibility index (Phi) is 8.03. The van der Waals surface area contributed by atoms with Gasteiger partial charge >= 0.3 is 0 Å². The molecule has 0 radical (unpaired) electrons. The summed E-state index contributed by atoms with van der Waals surface area (Å²) >= 11 is 0. The van der Waals surface area contributed by atoms with Crippen molar-refractivity contribution in [2.45, 2.75) is 65.4 Å². The van der Waals surface area contributed by atoms with Gasteiger partial charge in [0.15, 0.2) is 0 Å². The Hall–Kier alpha value is -1.62. The van der Waals surface area contributed by atoms with Crippen molar-refractivity contribution in [1.82, 2.24) is 4.98 Å². The number of carbonyl (C=O) groups is 1. The summed E-state index contributed by atoms with van der Waals surface area (Å²) in [6.07, 6.45) is 6.43. The van der Waals surface area contributed by atoms with Crippen molar-refractivity contribution in [1.29, 1.82) is 0 Å². The monoisotopic (exact) mass is 322 g/mol. The number of hydrogen-bond acceptors (Lipinski definition) is 4. The summed E-state index contributed by atoms with van der Waals surface area (Å²) < 4.78 is 11.0. The molecular formula is C18H30N2O3. The van der Waals surface area contributed by atoms with Crippen molar-refractivity contribution in [3.05, 3.63) is 17.8 Å². The SMILES string of the molecule is CCCCC[C@@](C)(OC)C(=O)Nc1cnc(OCCC)c(C)c1. The minimum atomic E-state index is -0.819. The fraction of sp³-hybridized carbons (Fsp3) is 0.667. The number of amides is 1. The van der Waals surface area contributed by atoms with E-state index in [0.29, 0.717) is 24.6 Å². The first-order chi connectivity index (χ1) is 11.0. The molecule has 1 heterocycles. The zero-order valence-electron chi connectivity index (χ0n) is 15.1. The summed E-state index contributed by atoms with van der Waals surface area (Å²) in [5, 5.41) is 2.90. The Labute approximate surface area is 139 Å². The largest absolute Gasteiger partial charge is 0.477 e. The van der Waals surface area contributed by atoms with Crippen LogP contribution in [0.3, 0.4) is 0 Å². The highest BCUT2D eigenvalue weighted by Gasteiger charge is 2.32. The average molecular weight is 322 g/mol. The van der Waals surface area contributed by atoms with E-state index >= 15 is 0 Å². The molecule has 0 saturated heterocycles. The number of methoxy groups -OCH3 is 1. The van der Waals surface area contributed by atoms with Crippen LogP contribution in [0.5, 0.6) is 5.88 Å². The molecular weight excluding hydrogens is 292 g/mol. The number of aromatic nitrogens is 1. The highest BCUT2D eigenvalue weighted by molar-refractivity contribution is 5.97. The Morgan fingerprint density at radius 3 is 2.61 bits per heavy atom. The molecule has 0 bridgehead atoms. The molecule has 0 aliphatic carbocycles. The van der Waals surface area contributed by atoms with Crippen LogP contribution in [0.1, 0.15) is 58.4 Å². The number of unbranched alkanes of at least 4 members (excludes halogenated alkanes) is 2. The quantitative estimate of drug-likeness (QED) is 0.659. The van der Waals surface area contributed by atoms with Gasteiger partial charge in [-0.25, -0.2) is 4.98 Å². The van der Waals surface area contributed by atoms with Gasteiger partial charge in [-0.1, -0.05) is 33.1 Å². The Balaban J connectivity index is 2.73. The highest BCUT2D eigenvalue weighted by atomic mass is 16.5. The van der Waals surface area contributed by atoms with Crippen LogP contribution in [0.4, 0.5) is 5.69 Å². The zero-order chi connectivity index (χ0) is 17.3. The molecule has 0 aromatic carbocycles. The van der Waals surface area contributed by atoms with Gasteiger partial charge in [-0.2, -0.15) is 0 Å². The molecule has 1 amide bonds. The molecule has 23 heavy (non-hydrogen) atoms. The van der Waals surface area contributed by atoms with Crippen molar-refractivity contribution in [3.63, 3.8) is 0 Å². The molecule has 1 aromatic heterocycles. The first-order valence-corrected chi connectivity index (χ1v) is 8.42. The van der Waals surface area contributed by atoms with Gasteiger partial charge in [-0.15, -0.1) is 0 Å². The van der Waals surface area contributed by atoms with E-state index in [-0.39, 0.29) is 5.91 Å². The second-order valence-electron chi connectivity index (χ2n) is 6.04. The predicted molar refractivity (Wildman–Crippen MR) is 92.9 cm³/mol. The fourth-order valence-electron chi connectivity index (χ4n) is 2.26. The van der Waals surface area contributed by atoms with E-state index in [1.165, 1.54) is 0 Å². The van der Waals surface area contributed by atoms with Gasteiger partial charge in [0, 0.05) is 12.7 Å². The first kappa shape index (κ1) is 19.4. The maximum atomic E-state index is 12.5. The number of hydrogen-bond donors (Lipinski definition) is 1. The van der Waals surface area contributed by atoms with Crippen LogP contribution in [-0.4, -0.2) is 30.2 Å². The Morgan fingerprint density at radius 1 is 1.30 bits per heavy atom. The lowest BCUT2D eigenvalue weighted by molar-refractivity contribution is -0.136. The molecule has 0 spiro atoms. The van der Waals surface area contributed by atoms with Crippen molar-refractivity contribution in [3.8, 4) is 5.88 Å². The minimum absolute atomic E-state index is 0.139. The average Bonchev–Trinajstić information content (AvgIpc) is 2.54. The van der Waals surface area contributed by atoms with E-state index in [9.17, 15) is 4.79 Å². The fourth-order valence-corrected chi connectivity index (χ4v) is 2.26. The molecule has 5 nitrogen and oxygen atoms in total. The summed E-state index contributed by atoms with van der Waals surface area (Å²) in [5.41, 5.74) is 0.747. The van der Waals surface area contributed by atoms with Crippen molar-refractivity contribution in [2.75, 3.05) is 19.0 Å². The van der Waals surface area contributed by atoms with Gasteiger partial charge < -0.3 is 14.8 Å². The van der Waals surface area contributed by atoms with Crippen molar-refractivity contribution in [2.24, 2.45) is 0 Å². The van der Waals surface area contributed by atoms with Crippen LogP contribution in [0, 0.1) is 6.92 Å². The normalized spacial score (nSPS) is 13.4. The minimum Gasteiger partial charge on any atom is -0.477 e. The highest BCUT2D eigenvalue weighted by Crippen LogP contribution is 2.23. The van der Waals surface area contributed by atoms with Crippen molar-refractivity contribution < 1.29 is 14.3 Å². The van der Waals surface area contributed by atoms with Gasteiger partial charge in [0.1, 0.15) is 5.60 Å². The molecule has 0 unspecified atom stereocenters. The second kappa shape index (κ2) is 9.50. The number of nitrogens with zero attached hydrogens (tertiary/aromatic N) is 1. The van der Waals surface area contributed by atoms with Crippen LogP contribution in [0.25, 0.3) is 0 Å². The van der Waals surface area contributed by atoms with Crippen LogP contribution in [0.15, 0.2) is 12.3 Å². The third-order valence-electron chi connectivity index (χ3n) is 3.92. The molecule has 0 saturated carbocycles. The van der Waals surface area contributed by atoms with Crippen LogP contribution < -0.4 is 10.1 Å². The number of pyridine rings is 1. The zero-order valence-corrected chi connectivity index (χ0v) is 15.1. The van der Waals surface area contributed by atoms with Gasteiger partial charge in [0.05, 0.1) is 18.5 Å². The molecule has 0 fully saturated rings. The number of aryl methyl sites for hydroxylation is 1. The molecule has 5 heteroatoms. The van der Waals surface area contributed by atoms with E-state index < -0.39 is 5.60 Å². The van der Waals surface area contributed by atoms with E-state index in [2.05, 4.69) is 17.2 Å². The number of carbonyl (C=O) groups excluding carboxylic acids is 1. The lowest BCUT2D eigenvalue weighted by atomic mass is 9.97. The molecule has 1 atom stereocenters. The van der Waals surface area contributed by atoms with E-state index in [1.54, 1.807) is 13.3 Å². The maximum absolute atomic E-state index is 12.5.